The quantitative estimate of drug-likeness (QED) is 0.0262. The van der Waals surface area contributed by atoms with Crippen LogP contribution in [0.4, 0.5) is 0 Å². The van der Waals surface area contributed by atoms with Crippen LogP contribution in [0.15, 0.2) is 97.2 Å². The molecule has 67 heavy (non-hydrogen) atoms. The summed E-state index contributed by atoms with van der Waals surface area (Å²) in [7, 11) is 0. The normalized spacial score (nSPS) is 12.8. The fourth-order valence-electron chi connectivity index (χ4n) is 7.44. The maximum absolute atomic E-state index is 12.8. The smallest absolute Gasteiger partial charge is 0.306 e. The third-order valence-electron chi connectivity index (χ3n) is 11.6. The van der Waals surface area contributed by atoms with Gasteiger partial charge in [0, 0.05) is 19.3 Å². The first-order valence-corrected chi connectivity index (χ1v) is 27.7. The molecule has 0 bridgehead atoms. The van der Waals surface area contributed by atoms with Crippen molar-refractivity contribution in [2.24, 2.45) is 0 Å². The van der Waals surface area contributed by atoms with E-state index < -0.39 is 12.1 Å². The zero-order chi connectivity index (χ0) is 48.6. The summed E-state index contributed by atoms with van der Waals surface area (Å²) in [6, 6.07) is 0. The molecular formula is C61H102O6. The predicted molar refractivity (Wildman–Crippen MR) is 288 cm³/mol. The van der Waals surface area contributed by atoms with Crippen LogP contribution in [-0.2, 0) is 28.6 Å². The highest BCUT2D eigenvalue weighted by atomic mass is 16.6. The van der Waals surface area contributed by atoms with Crippen LogP contribution in [-0.4, -0.2) is 37.2 Å². The molecule has 0 spiro atoms. The number of esters is 3. The summed E-state index contributed by atoms with van der Waals surface area (Å²) in [6.45, 7) is 6.43. The van der Waals surface area contributed by atoms with Gasteiger partial charge < -0.3 is 14.2 Å². The van der Waals surface area contributed by atoms with E-state index in [1.807, 2.05) is 6.08 Å². The van der Waals surface area contributed by atoms with E-state index in [1.165, 1.54) is 103 Å². The van der Waals surface area contributed by atoms with E-state index in [9.17, 15) is 14.4 Å². The Hall–Kier alpha value is -3.67. The SMILES string of the molecule is CC/C=C\C/C=C\C/C=C\CCCCCCCC(=O)OC[C@H](COC(=O)CCCCCCCCCCCCCCCCC)OC(=O)CC/C=C\C/C=C\C/C=C\C/C=C\C/C=C\CCCCC. The Bertz CT molecular complexity index is 1350. The first-order valence-electron chi connectivity index (χ1n) is 27.7. The van der Waals surface area contributed by atoms with E-state index in [0.29, 0.717) is 19.3 Å². The fourth-order valence-corrected chi connectivity index (χ4v) is 7.44. The first-order chi connectivity index (χ1) is 33.0. The van der Waals surface area contributed by atoms with Gasteiger partial charge >= 0.3 is 17.9 Å². The van der Waals surface area contributed by atoms with Crippen LogP contribution in [0, 0.1) is 0 Å². The lowest BCUT2D eigenvalue weighted by Crippen LogP contribution is -2.30. The van der Waals surface area contributed by atoms with Gasteiger partial charge in [0.15, 0.2) is 6.10 Å². The molecule has 0 saturated carbocycles. The number of rotatable bonds is 49. The van der Waals surface area contributed by atoms with Gasteiger partial charge in [0.1, 0.15) is 13.2 Å². The maximum atomic E-state index is 12.8. The van der Waals surface area contributed by atoms with Crippen LogP contribution in [0.25, 0.3) is 0 Å². The van der Waals surface area contributed by atoms with Crippen molar-refractivity contribution in [2.45, 2.75) is 258 Å². The Morgan fingerprint density at radius 1 is 0.313 bits per heavy atom. The van der Waals surface area contributed by atoms with E-state index in [1.54, 1.807) is 0 Å². The summed E-state index contributed by atoms with van der Waals surface area (Å²) in [4.78, 5) is 38.1. The van der Waals surface area contributed by atoms with Gasteiger partial charge in [-0.15, -0.1) is 0 Å². The second-order valence-electron chi connectivity index (χ2n) is 18.1. The highest BCUT2D eigenvalue weighted by Crippen LogP contribution is 2.15. The van der Waals surface area contributed by atoms with Gasteiger partial charge in [-0.25, -0.2) is 0 Å². The van der Waals surface area contributed by atoms with Gasteiger partial charge in [-0.3, -0.25) is 14.4 Å². The lowest BCUT2D eigenvalue weighted by atomic mass is 10.0. The van der Waals surface area contributed by atoms with Gasteiger partial charge in [0.2, 0.25) is 0 Å². The average molecular weight is 931 g/mol. The third kappa shape index (κ3) is 53.2. The van der Waals surface area contributed by atoms with Crippen LogP contribution >= 0.6 is 0 Å². The van der Waals surface area contributed by atoms with E-state index in [-0.39, 0.29) is 31.6 Å². The van der Waals surface area contributed by atoms with Gasteiger partial charge in [-0.1, -0.05) is 240 Å². The third-order valence-corrected chi connectivity index (χ3v) is 11.6. The zero-order valence-corrected chi connectivity index (χ0v) is 43.6. The number of allylic oxidation sites excluding steroid dienone is 16. The second-order valence-corrected chi connectivity index (χ2v) is 18.1. The number of carbonyl (C=O) groups excluding carboxylic acids is 3. The Morgan fingerprint density at radius 2 is 0.612 bits per heavy atom. The predicted octanol–water partition coefficient (Wildman–Crippen LogP) is 18.5. The van der Waals surface area contributed by atoms with Crippen LogP contribution in [0.5, 0.6) is 0 Å². The number of ether oxygens (including phenoxy) is 3. The lowest BCUT2D eigenvalue weighted by molar-refractivity contribution is -0.166. The Labute approximate surface area is 413 Å². The Kier molecular flexibility index (Phi) is 51.9. The van der Waals surface area contributed by atoms with E-state index >= 15 is 0 Å². The maximum Gasteiger partial charge on any atom is 0.306 e. The molecule has 6 nitrogen and oxygen atoms in total. The van der Waals surface area contributed by atoms with Crippen LogP contribution in [0.1, 0.15) is 252 Å². The van der Waals surface area contributed by atoms with Crippen molar-refractivity contribution >= 4 is 17.9 Å². The van der Waals surface area contributed by atoms with Gasteiger partial charge in [0.25, 0.3) is 0 Å². The molecule has 6 heteroatoms. The number of hydrogen-bond acceptors (Lipinski definition) is 6. The van der Waals surface area contributed by atoms with Gasteiger partial charge in [-0.2, -0.15) is 0 Å². The standard InChI is InChI=1S/C61H102O6/c1-4-7-10-13-16-19-22-25-28-29-30-31-34-37-40-43-46-49-52-55-61(64)67-58(56-65-59(62)53-50-47-44-41-38-35-32-26-23-20-17-14-11-8-5-2)57-66-60(63)54-51-48-45-42-39-36-33-27-24-21-18-15-12-9-6-3/h8,11,16-17,19-20,25-26,28,30-32,37,40,46,49,58H,4-7,9-10,12-15,18,21-24,27,29,33-36,38-39,41-45,47-48,50-57H2,1-3H3/b11-8-,19-16-,20-17-,28-25-,31-30-,32-26-,40-37-,49-46-/t58-/m1/s1. The molecule has 0 amide bonds. The van der Waals surface area contributed by atoms with Crippen molar-refractivity contribution in [1.29, 1.82) is 0 Å². The summed E-state index contributed by atoms with van der Waals surface area (Å²) in [6.07, 6.45) is 72.6. The fraction of sp³-hybridized carbons (Fsp3) is 0.689. The minimum atomic E-state index is -0.824. The molecule has 0 aromatic heterocycles. The number of hydrogen-bond donors (Lipinski definition) is 0. The number of carbonyl (C=O) groups is 3. The summed E-state index contributed by atoms with van der Waals surface area (Å²) in [5, 5.41) is 0. The molecule has 0 rings (SSSR count). The van der Waals surface area contributed by atoms with Crippen LogP contribution in [0.3, 0.4) is 0 Å². The Morgan fingerprint density at radius 3 is 1.00 bits per heavy atom. The molecule has 0 saturated heterocycles. The minimum absolute atomic E-state index is 0.112. The molecule has 0 unspecified atom stereocenters. The average Bonchev–Trinajstić information content (AvgIpc) is 3.33. The molecule has 382 valence electrons. The lowest BCUT2D eigenvalue weighted by Gasteiger charge is -2.18. The summed E-state index contributed by atoms with van der Waals surface area (Å²) in [5.74, 6) is -1.01. The van der Waals surface area contributed by atoms with Crippen molar-refractivity contribution in [3.05, 3.63) is 97.2 Å². The van der Waals surface area contributed by atoms with E-state index in [2.05, 4.69) is 112 Å². The van der Waals surface area contributed by atoms with Gasteiger partial charge in [0.05, 0.1) is 0 Å². The molecule has 0 aliphatic carbocycles. The van der Waals surface area contributed by atoms with Crippen molar-refractivity contribution in [2.75, 3.05) is 13.2 Å². The molecule has 0 heterocycles. The zero-order valence-electron chi connectivity index (χ0n) is 43.6. The summed E-state index contributed by atoms with van der Waals surface area (Å²) in [5.41, 5.74) is 0. The summed E-state index contributed by atoms with van der Waals surface area (Å²) >= 11 is 0. The second kappa shape index (κ2) is 54.9. The minimum Gasteiger partial charge on any atom is -0.462 e. The van der Waals surface area contributed by atoms with E-state index in [4.69, 9.17) is 14.2 Å². The largest absolute Gasteiger partial charge is 0.462 e. The molecular weight excluding hydrogens is 829 g/mol. The molecule has 1 atom stereocenters. The summed E-state index contributed by atoms with van der Waals surface area (Å²) < 4.78 is 16.8. The number of unbranched alkanes of at least 4 members (excludes halogenated alkanes) is 22. The topological polar surface area (TPSA) is 78.9 Å². The highest BCUT2D eigenvalue weighted by Gasteiger charge is 2.19. The molecule has 0 fully saturated rings. The van der Waals surface area contributed by atoms with Crippen LogP contribution in [0.2, 0.25) is 0 Å². The van der Waals surface area contributed by atoms with Crippen molar-refractivity contribution in [3.8, 4) is 0 Å². The van der Waals surface area contributed by atoms with E-state index in [0.717, 1.165) is 103 Å². The van der Waals surface area contributed by atoms with Crippen molar-refractivity contribution in [3.63, 3.8) is 0 Å². The molecule has 0 aromatic rings. The van der Waals surface area contributed by atoms with Crippen molar-refractivity contribution < 1.29 is 28.6 Å². The molecule has 0 aromatic carbocycles. The molecule has 0 aliphatic rings. The molecule has 0 aliphatic heterocycles. The molecule has 0 radical (unpaired) electrons. The first kappa shape index (κ1) is 63.3. The van der Waals surface area contributed by atoms with Gasteiger partial charge in [-0.05, 0) is 89.9 Å². The monoisotopic (exact) mass is 931 g/mol. The highest BCUT2D eigenvalue weighted by molar-refractivity contribution is 5.71. The Balaban J connectivity index is 4.53. The van der Waals surface area contributed by atoms with Crippen LogP contribution < -0.4 is 0 Å². The molecule has 0 N–H and O–H groups in total. The van der Waals surface area contributed by atoms with Crippen molar-refractivity contribution in [1.82, 2.24) is 0 Å².